The van der Waals surface area contributed by atoms with Gasteiger partial charge >= 0.3 is 6.61 Å². The number of methoxy groups -OCH3 is 1. The molecule has 0 aliphatic carbocycles. The molecule has 6 nitrogen and oxygen atoms in total. The molecule has 0 fully saturated rings. The van der Waals surface area contributed by atoms with Gasteiger partial charge in [-0.05, 0) is 38.6 Å². The third kappa shape index (κ3) is 9.41. The van der Waals surface area contributed by atoms with Crippen LogP contribution in [0.4, 0.5) is 8.78 Å². The average Bonchev–Trinajstić information content (AvgIpc) is 2.61. The summed E-state index contributed by atoms with van der Waals surface area (Å²) < 4.78 is 34.9. The lowest BCUT2D eigenvalue weighted by Gasteiger charge is -2.25. The number of likely N-dealkylation sites (N-methyl/N-ethyl adjacent to an activating group) is 1. The fraction of sp³-hybridized carbons (Fsp3) is 0.611. The predicted octanol–water partition coefficient (Wildman–Crippen LogP) is 3.31. The number of nitrogens with zero attached hydrogens (tertiary/aromatic N) is 2. The van der Waals surface area contributed by atoms with E-state index in [-0.39, 0.29) is 36.3 Å². The lowest BCUT2D eigenvalue weighted by molar-refractivity contribution is -0.0504. The molecule has 0 spiro atoms. The highest BCUT2D eigenvalue weighted by atomic mass is 127. The zero-order valence-corrected chi connectivity index (χ0v) is 18.9. The van der Waals surface area contributed by atoms with E-state index in [1.165, 1.54) is 13.2 Å². The Morgan fingerprint density at radius 3 is 2.48 bits per heavy atom. The van der Waals surface area contributed by atoms with Crippen molar-refractivity contribution in [1.29, 1.82) is 0 Å². The van der Waals surface area contributed by atoms with E-state index in [1.807, 2.05) is 0 Å². The zero-order chi connectivity index (χ0) is 19.5. The van der Waals surface area contributed by atoms with E-state index in [1.54, 1.807) is 19.2 Å². The van der Waals surface area contributed by atoms with Crippen molar-refractivity contribution >= 4 is 29.9 Å². The number of hydrogen-bond acceptors (Lipinski definition) is 4. The van der Waals surface area contributed by atoms with E-state index in [0.29, 0.717) is 23.3 Å². The van der Waals surface area contributed by atoms with Crippen molar-refractivity contribution < 1.29 is 18.3 Å². The Balaban J connectivity index is 0.00000676. The van der Waals surface area contributed by atoms with Crippen LogP contribution in [0.5, 0.6) is 11.5 Å². The van der Waals surface area contributed by atoms with Crippen molar-refractivity contribution in [3.05, 3.63) is 23.8 Å². The summed E-state index contributed by atoms with van der Waals surface area (Å²) in [6, 6.07) is 5.19. The number of guanidine groups is 1. The molecule has 1 aromatic rings. The Bertz CT molecular complexity index is 574. The summed E-state index contributed by atoms with van der Waals surface area (Å²) in [4.78, 5) is 6.49. The summed E-state index contributed by atoms with van der Waals surface area (Å²) in [5.74, 6) is 1.28. The van der Waals surface area contributed by atoms with Crippen LogP contribution in [-0.2, 0) is 6.54 Å². The summed E-state index contributed by atoms with van der Waals surface area (Å²) in [6.07, 6.45) is 0. The van der Waals surface area contributed by atoms with Crippen LogP contribution in [-0.4, -0.2) is 57.3 Å². The van der Waals surface area contributed by atoms with E-state index in [2.05, 4.69) is 46.0 Å². The number of benzene rings is 1. The number of ether oxygens (including phenoxy) is 2. The minimum absolute atomic E-state index is 0. The molecule has 0 radical (unpaired) electrons. The van der Waals surface area contributed by atoms with Crippen molar-refractivity contribution in [3.63, 3.8) is 0 Å². The van der Waals surface area contributed by atoms with Crippen molar-refractivity contribution in [2.45, 2.75) is 40.0 Å². The first kappa shape index (κ1) is 25.6. The minimum atomic E-state index is -2.88. The van der Waals surface area contributed by atoms with E-state index in [4.69, 9.17) is 4.74 Å². The van der Waals surface area contributed by atoms with Gasteiger partial charge in [0.15, 0.2) is 5.96 Å². The van der Waals surface area contributed by atoms with Crippen LogP contribution in [0.1, 0.15) is 26.3 Å². The third-order valence-corrected chi connectivity index (χ3v) is 3.98. The normalized spacial score (nSPS) is 11.6. The van der Waals surface area contributed by atoms with Crippen LogP contribution in [0.2, 0.25) is 0 Å². The second-order valence-corrected chi connectivity index (χ2v) is 5.93. The Kier molecular flexibility index (Phi) is 13.1. The molecule has 1 aromatic carbocycles. The quantitative estimate of drug-likeness (QED) is 0.294. The first-order valence-electron chi connectivity index (χ1n) is 8.71. The van der Waals surface area contributed by atoms with Gasteiger partial charge in [0.1, 0.15) is 11.5 Å². The van der Waals surface area contributed by atoms with E-state index in [0.717, 1.165) is 19.6 Å². The predicted molar refractivity (Wildman–Crippen MR) is 116 cm³/mol. The zero-order valence-electron chi connectivity index (χ0n) is 16.6. The molecule has 0 unspecified atom stereocenters. The summed E-state index contributed by atoms with van der Waals surface area (Å²) in [6.45, 7) is 6.42. The molecule has 1 rings (SSSR count). The molecule has 0 atom stereocenters. The Morgan fingerprint density at radius 2 is 1.96 bits per heavy atom. The molecule has 0 bridgehead atoms. The molecule has 27 heavy (non-hydrogen) atoms. The number of halogens is 3. The maximum absolute atomic E-state index is 12.6. The lowest BCUT2D eigenvalue weighted by Crippen LogP contribution is -2.42. The number of rotatable bonds is 10. The second-order valence-electron chi connectivity index (χ2n) is 5.93. The maximum Gasteiger partial charge on any atom is 0.387 e. The standard InChI is InChI=1S/C18H30F2N4O2.HI/c1-6-24(13(2)3)10-9-22-18(21-4)23-12-14-11-15(25-5)7-8-16(14)26-17(19)20;/h7-8,11,13,17H,6,9-10,12H2,1-5H3,(H2,21,22,23);1H. The number of hydrogen-bond donors (Lipinski definition) is 2. The topological polar surface area (TPSA) is 58.1 Å². The summed E-state index contributed by atoms with van der Waals surface area (Å²) >= 11 is 0. The van der Waals surface area contributed by atoms with E-state index < -0.39 is 6.61 Å². The fourth-order valence-corrected chi connectivity index (χ4v) is 2.53. The van der Waals surface area contributed by atoms with Crippen LogP contribution in [0.15, 0.2) is 23.2 Å². The lowest BCUT2D eigenvalue weighted by atomic mass is 10.2. The number of alkyl halides is 2. The van der Waals surface area contributed by atoms with Gasteiger partial charge in [0.25, 0.3) is 0 Å². The van der Waals surface area contributed by atoms with Crippen LogP contribution in [0.3, 0.4) is 0 Å². The largest absolute Gasteiger partial charge is 0.497 e. The first-order chi connectivity index (χ1) is 12.4. The molecule has 2 N–H and O–H groups in total. The van der Waals surface area contributed by atoms with Crippen molar-refractivity contribution in [2.24, 2.45) is 4.99 Å². The average molecular weight is 500 g/mol. The molecule has 0 amide bonds. The van der Waals surface area contributed by atoms with Gasteiger partial charge in [-0.3, -0.25) is 9.89 Å². The monoisotopic (exact) mass is 500 g/mol. The van der Waals surface area contributed by atoms with Crippen molar-refractivity contribution in [1.82, 2.24) is 15.5 Å². The van der Waals surface area contributed by atoms with E-state index >= 15 is 0 Å². The Labute approximate surface area is 177 Å². The summed E-state index contributed by atoms with van der Waals surface area (Å²) in [5.41, 5.74) is 0.560. The smallest absolute Gasteiger partial charge is 0.387 e. The van der Waals surface area contributed by atoms with Crippen LogP contribution >= 0.6 is 24.0 Å². The van der Waals surface area contributed by atoms with Gasteiger partial charge in [-0.2, -0.15) is 8.78 Å². The van der Waals surface area contributed by atoms with Gasteiger partial charge in [0.05, 0.1) is 7.11 Å². The van der Waals surface area contributed by atoms with Crippen molar-refractivity contribution in [3.8, 4) is 11.5 Å². The maximum atomic E-state index is 12.6. The molecule has 0 aliphatic heterocycles. The molecule has 156 valence electrons. The first-order valence-corrected chi connectivity index (χ1v) is 8.71. The highest BCUT2D eigenvalue weighted by molar-refractivity contribution is 14.0. The summed E-state index contributed by atoms with van der Waals surface area (Å²) in [7, 11) is 3.19. The van der Waals surface area contributed by atoms with Crippen LogP contribution in [0, 0.1) is 0 Å². The molecule has 0 aromatic heterocycles. The number of nitrogens with one attached hydrogen (secondary N) is 2. The highest BCUT2D eigenvalue weighted by Crippen LogP contribution is 2.25. The molecule has 0 saturated carbocycles. The Morgan fingerprint density at radius 1 is 1.26 bits per heavy atom. The van der Waals surface area contributed by atoms with Crippen LogP contribution in [0.25, 0.3) is 0 Å². The molecule has 9 heteroatoms. The van der Waals surface area contributed by atoms with Crippen LogP contribution < -0.4 is 20.1 Å². The minimum Gasteiger partial charge on any atom is -0.497 e. The van der Waals surface area contributed by atoms with Gasteiger partial charge in [-0.1, -0.05) is 6.92 Å². The fourth-order valence-electron chi connectivity index (χ4n) is 2.53. The van der Waals surface area contributed by atoms with Gasteiger partial charge < -0.3 is 20.1 Å². The van der Waals surface area contributed by atoms with Crippen molar-refractivity contribution in [2.75, 3.05) is 33.8 Å². The van der Waals surface area contributed by atoms with E-state index in [9.17, 15) is 8.78 Å². The molecule has 0 saturated heterocycles. The molecular weight excluding hydrogens is 469 g/mol. The third-order valence-electron chi connectivity index (χ3n) is 3.98. The van der Waals surface area contributed by atoms with Gasteiger partial charge in [0.2, 0.25) is 0 Å². The van der Waals surface area contributed by atoms with Gasteiger partial charge in [-0.25, -0.2) is 0 Å². The second kappa shape index (κ2) is 13.8. The SMILES string of the molecule is CCN(CCNC(=NC)NCc1cc(OC)ccc1OC(F)F)C(C)C.I. The van der Waals surface area contributed by atoms with Gasteiger partial charge in [-0.15, -0.1) is 24.0 Å². The molecular formula is C18H31F2IN4O2. The molecule has 0 aliphatic rings. The molecule has 0 heterocycles. The van der Waals surface area contributed by atoms with Gasteiger partial charge in [0, 0.05) is 38.3 Å². The Hall–Kier alpha value is -1.36. The highest BCUT2D eigenvalue weighted by Gasteiger charge is 2.12. The number of aliphatic imine (C=N–C) groups is 1. The summed E-state index contributed by atoms with van der Waals surface area (Å²) in [5, 5.41) is 6.34.